The molecule has 0 saturated heterocycles. The fraction of sp³-hybridized carbons (Fsp3) is 1.00. The standard InChI is InChI=1S/C8H17O2/c1-4-7(9)8(10,5-2)6-3/h7,10H,4-6H2,1-3H3. The molecule has 0 aliphatic carbocycles. The van der Waals surface area contributed by atoms with E-state index in [1.165, 1.54) is 0 Å². The Morgan fingerprint density at radius 3 is 1.80 bits per heavy atom. The molecule has 0 rings (SSSR count). The fourth-order valence-electron chi connectivity index (χ4n) is 1.09. The average molecular weight is 145 g/mol. The minimum Gasteiger partial charge on any atom is -0.387 e. The van der Waals surface area contributed by atoms with Crippen molar-refractivity contribution in [3.63, 3.8) is 0 Å². The molecule has 0 bridgehead atoms. The van der Waals surface area contributed by atoms with Crippen molar-refractivity contribution in [3.05, 3.63) is 0 Å². The Labute approximate surface area is 62.9 Å². The van der Waals surface area contributed by atoms with Gasteiger partial charge in [0.1, 0.15) is 6.10 Å². The molecule has 1 unspecified atom stereocenters. The van der Waals surface area contributed by atoms with Crippen LogP contribution in [-0.2, 0) is 5.11 Å². The summed E-state index contributed by atoms with van der Waals surface area (Å²) < 4.78 is 0. The van der Waals surface area contributed by atoms with Crippen LogP contribution in [0.5, 0.6) is 0 Å². The molecule has 0 aromatic rings. The van der Waals surface area contributed by atoms with Crippen LogP contribution in [0.1, 0.15) is 40.0 Å². The van der Waals surface area contributed by atoms with Crippen LogP contribution in [0.2, 0.25) is 0 Å². The van der Waals surface area contributed by atoms with E-state index in [9.17, 15) is 10.2 Å². The van der Waals surface area contributed by atoms with Crippen molar-refractivity contribution < 1.29 is 10.2 Å². The predicted octanol–water partition coefficient (Wildman–Crippen LogP) is 1.75. The second-order valence-electron chi connectivity index (χ2n) is 2.71. The van der Waals surface area contributed by atoms with Crippen LogP contribution in [0.15, 0.2) is 0 Å². The zero-order valence-corrected chi connectivity index (χ0v) is 7.05. The van der Waals surface area contributed by atoms with Gasteiger partial charge in [0, 0.05) is 0 Å². The molecule has 0 fully saturated rings. The minimum absolute atomic E-state index is 0.512. The van der Waals surface area contributed by atoms with Crippen LogP contribution in [0.25, 0.3) is 0 Å². The molecule has 0 spiro atoms. The summed E-state index contributed by atoms with van der Waals surface area (Å²) in [6.07, 6.45) is 0.817. The van der Waals surface area contributed by atoms with Crippen molar-refractivity contribution in [2.75, 3.05) is 0 Å². The number of hydrogen-bond acceptors (Lipinski definition) is 1. The van der Waals surface area contributed by atoms with Gasteiger partial charge in [0.05, 0.1) is 5.60 Å². The molecular formula is C8H17O2. The third kappa shape index (κ3) is 1.96. The third-order valence-corrected chi connectivity index (χ3v) is 2.19. The van der Waals surface area contributed by atoms with Crippen LogP contribution < -0.4 is 0 Å². The molecule has 0 aliphatic heterocycles. The van der Waals surface area contributed by atoms with Gasteiger partial charge in [-0.1, -0.05) is 20.8 Å². The molecule has 0 aromatic carbocycles. The van der Waals surface area contributed by atoms with E-state index in [0.717, 1.165) is 0 Å². The average Bonchev–Trinajstić information content (AvgIpc) is 2.01. The van der Waals surface area contributed by atoms with Gasteiger partial charge in [0.15, 0.2) is 0 Å². The van der Waals surface area contributed by atoms with Crippen LogP contribution in [0, 0.1) is 0 Å². The lowest BCUT2D eigenvalue weighted by atomic mass is 9.89. The molecular weight excluding hydrogens is 128 g/mol. The van der Waals surface area contributed by atoms with E-state index in [4.69, 9.17) is 0 Å². The van der Waals surface area contributed by atoms with Gasteiger partial charge in [0.2, 0.25) is 0 Å². The van der Waals surface area contributed by atoms with Gasteiger partial charge in [-0.25, -0.2) is 5.11 Å². The Kier molecular flexibility index (Phi) is 3.91. The first-order valence-electron chi connectivity index (χ1n) is 3.98. The van der Waals surface area contributed by atoms with E-state index in [1.54, 1.807) is 0 Å². The molecule has 0 heterocycles. The first-order chi connectivity index (χ1) is 4.60. The van der Waals surface area contributed by atoms with Crippen LogP contribution in [0.3, 0.4) is 0 Å². The molecule has 10 heavy (non-hydrogen) atoms. The van der Waals surface area contributed by atoms with Crippen LogP contribution >= 0.6 is 0 Å². The maximum atomic E-state index is 11.1. The Bertz CT molecular complexity index is 87.3. The third-order valence-electron chi connectivity index (χ3n) is 2.19. The summed E-state index contributed by atoms with van der Waals surface area (Å²) >= 11 is 0. The zero-order valence-electron chi connectivity index (χ0n) is 7.05. The first-order valence-corrected chi connectivity index (χ1v) is 3.98. The molecule has 2 heteroatoms. The summed E-state index contributed by atoms with van der Waals surface area (Å²) in [5, 5.41) is 20.7. The SMILES string of the molecule is CCC([O])C(O)(CC)CC. The summed E-state index contributed by atoms with van der Waals surface area (Å²) in [5.74, 6) is 0. The maximum absolute atomic E-state index is 11.1. The molecule has 0 aromatic heterocycles. The molecule has 61 valence electrons. The lowest BCUT2D eigenvalue weighted by Crippen LogP contribution is -2.39. The van der Waals surface area contributed by atoms with Gasteiger partial charge >= 0.3 is 0 Å². The van der Waals surface area contributed by atoms with Crippen molar-refractivity contribution in [2.24, 2.45) is 0 Å². The first kappa shape index (κ1) is 9.92. The second-order valence-corrected chi connectivity index (χ2v) is 2.71. The highest BCUT2D eigenvalue weighted by molar-refractivity contribution is 4.82. The minimum atomic E-state index is -0.964. The molecule has 1 N–H and O–H groups in total. The number of aliphatic hydroxyl groups is 1. The smallest absolute Gasteiger partial charge is 0.121 e. The zero-order chi connectivity index (χ0) is 8.20. The molecule has 1 radical (unpaired) electrons. The highest BCUT2D eigenvalue weighted by Gasteiger charge is 2.31. The monoisotopic (exact) mass is 145 g/mol. The van der Waals surface area contributed by atoms with E-state index in [1.807, 2.05) is 20.8 Å². The van der Waals surface area contributed by atoms with E-state index in [-0.39, 0.29) is 0 Å². The van der Waals surface area contributed by atoms with Gasteiger partial charge in [-0.15, -0.1) is 0 Å². The summed E-state index contributed by atoms with van der Waals surface area (Å²) in [6.45, 7) is 5.52. The number of hydrogen-bond donors (Lipinski definition) is 1. The van der Waals surface area contributed by atoms with Gasteiger partial charge in [-0.3, -0.25) is 0 Å². The lowest BCUT2D eigenvalue weighted by molar-refractivity contribution is -0.110. The highest BCUT2D eigenvalue weighted by atomic mass is 16.3. The van der Waals surface area contributed by atoms with E-state index in [2.05, 4.69) is 0 Å². The van der Waals surface area contributed by atoms with Crippen molar-refractivity contribution in [3.8, 4) is 0 Å². The van der Waals surface area contributed by atoms with Gasteiger partial charge in [-0.2, -0.15) is 0 Å². The van der Waals surface area contributed by atoms with Crippen molar-refractivity contribution in [1.29, 1.82) is 0 Å². The van der Waals surface area contributed by atoms with E-state index >= 15 is 0 Å². The van der Waals surface area contributed by atoms with Crippen molar-refractivity contribution in [2.45, 2.75) is 51.7 Å². The van der Waals surface area contributed by atoms with Crippen molar-refractivity contribution in [1.82, 2.24) is 0 Å². The van der Waals surface area contributed by atoms with Gasteiger partial charge in [0.25, 0.3) is 0 Å². The Morgan fingerprint density at radius 2 is 1.70 bits per heavy atom. The summed E-state index contributed by atoms with van der Waals surface area (Å²) in [7, 11) is 0. The molecule has 2 nitrogen and oxygen atoms in total. The second kappa shape index (κ2) is 3.94. The fourth-order valence-corrected chi connectivity index (χ4v) is 1.09. The predicted molar refractivity (Wildman–Crippen MR) is 40.3 cm³/mol. The van der Waals surface area contributed by atoms with Crippen LogP contribution in [0.4, 0.5) is 0 Å². The summed E-state index contributed by atoms with van der Waals surface area (Å²) in [5.41, 5.74) is -0.964. The Morgan fingerprint density at radius 1 is 1.30 bits per heavy atom. The quantitative estimate of drug-likeness (QED) is 0.643. The maximum Gasteiger partial charge on any atom is 0.121 e. The van der Waals surface area contributed by atoms with Gasteiger partial charge < -0.3 is 5.11 Å². The Balaban J connectivity index is 4.02. The van der Waals surface area contributed by atoms with Crippen molar-refractivity contribution >= 4 is 0 Å². The topological polar surface area (TPSA) is 40.1 Å². The van der Waals surface area contributed by atoms with E-state index < -0.39 is 11.7 Å². The van der Waals surface area contributed by atoms with Crippen LogP contribution in [-0.4, -0.2) is 16.8 Å². The largest absolute Gasteiger partial charge is 0.387 e. The normalized spacial score (nSPS) is 15.3. The molecule has 0 amide bonds. The molecule has 0 aliphatic rings. The highest BCUT2D eigenvalue weighted by Crippen LogP contribution is 2.21. The number of rotatable bonds is 4. The molecule has 0 saturated carbocycles. The van der Waals surface area contributed by atoms with E-state index in [0.29, 0.717) is 19.3 Å². The molecule has 1 atom stereocenters. The van der Waals surface area contributed by atoms with Gasteiger partial charge in [-0.05, 0) is 19.3 Å². The lowest BCUT2D eigenvalue weighted by Gasteiger charge is -2.28. The summed E-state index contributed by atoms with van der Waals surface area (Å²) in [4.78, 5) is 0. The summed E-state index contributed by atoms with van der Waals surface area (Å²) in [6, 6.07) is 0. The Hall–Kier alpha value is -0.0800.